The third-order valence-corrected chi connectivity index (χ3v) is 7.86. The third kappa shape index (κ3) is 6.37. The second-order valence-electron chi connectivity index (χ2n) is 10.1. The van der Waals surface area contributed by atoms with Crippen molar-refractivity contribution in [3.63, 3.8) is 0 Å². The number of imide groups is 1. The van der Waals surface area contributed by atoms with Crippen molar-refractivity contribution >= 4 is 17.8 Å². The molecule has 3 aliphatic rings. The molecule has 3 fully saturated rings. The van der Waals surface area contributed by atoms with E-state index in [9.17, 15) is 14.4 Å². The van der Waals surface area contributed by atoms with Crippen LogP contribution in [0.5, 0.6) is 5.75 Å². The quantitative estimate of drug-likeness (QED) is 0.470. The number of ether oxygens (including phenoxy) is 2. The van der Waals surface area contributed by atoms with Crippen LogP contribution < -0.4 is 10.1 Å². The summed E-state index contributed by atoms with van der Waals surface area (Å²) in [5, 5.41) is 2.76. The zero-order chi connectivity index (χ0) is 25.5. The maximum Gasteiger partial charge on any atom is 0.325 e. The van der Waals surface area contributed by atoms with Gasteiger partial charge in [-0.15, -0.1) is 0 Å². The van der Waals surface area contributed by atoms with Gasteiger partial charge in [-0.05, 0) is 68.8 Å². The molecule has 0 spiro atoms. The number of carbonyl (C=O) groups is 3. The molecule has 3 heterocycles. The number of benzene rings is 1. The lowest BCUT2D eigenvalue weighted by atomic mass is 9.83. The lowest BCUT2D eigenvalue weighted by molar-refractivity contribution is -0.134. The van der Waals surface area contributed by atoms with Gasteiger partial charge >= 0.3 is 6.03 Å². The topological polar surface area (TPSA) is 91.4 Å². The first kappa shape index (κ1) is 26.4. The number of fused-ring (bicyclic) bond motifs is 1. The Morgan fingerprint density at radius 2 is 1.86 bits per heavy atom. The van der Waals surface area contributed by atoms with Gasteiger partial charge in [0.15, 0.2) is 0 Å². The SMILES string of the molecule is COCCN(C[C@@H]1CCCN2CCCC[C@H]12)C(=O)CC[C@H]1NC(=O)N(Cc2ccc(OC)cc2)C1=O. The molecule has 0 aliphatic carbocycles. The molecule has 36 heavy (non-hydrogen) atoms. The fourth-order valence-corrected chi connectivity index (χ4v) is 5.85. The molecule has 4 rings (SSSR count). The minimum atomic E-state index is -0.674. The lowest BCUT2D eigenvalue weighted by Gasteiger charge is -2.45. The summed E-state index contributed by atoms with van der Waals surface area (Å²) in [6, 6.07) is 6.75. The van der Waals surface area contributed by atoms with Gasteiger partial charge < -0.3 is 24.6 Å². The molecule has 3 saturated heterocycles. The number of hydrogen-bond acceptors (Lipinski definition) is 6. The van der Waals surface area contributed by atoms with E-state index in [0.717, 1.165) is 24.3 Å². The summed E-state index contributed by atoms with van der Waals surface area (Å²) in [5.41, 5.74) is 0.839. The smallest absolute Gasteiger partial charge is 0.325 e. The molecule has 3 atom stereocenters. The molecule has 1 N–H and O–H groups in total. The lowest BCUT2D eigenvalue weighted by Crippen LogP contribution is -2.52. The van der Waals surface area contributed by atoms with Crippen LogP contribution in [0.15, 0.2) is 24.3 Å². The Morgan fingerprint density at radius 1 is 1.08 bits per heavy atom. The maximum absolute atomic E-state index is 13.3. The highest BCUT2D eigenvalue weighted by molar-refractivity contribution is 6.04. The Hall–Kier alpha value is -2.65. The van der Waals surface area contributed by atoms with Crippen molar-refractivity contribution in [1.29, 1.82) is 0 Å². The minimum absolute atomic E-state index is 0.0237. The maximum atomic E-state index is 13.3. The van der Waals surface area contributed by atoms with E-state index in [4.69, 9.17) is 9.47 Å². The molecule has 0 saturated carbocycles. The van der Waals surface area contributed by atoms with Gasteiger partial charge in [-0.3, -0.25) is 14.5 Å². The van der Waals surface area contributed by atoms with Crippen molar-refractivity contribution in [1.82, 2.24) is 20.0 Å². The summed E-state index contributed by atoms with van der Waals surface area (Å²) >= 11 is 0. The summed E-state index contributed by atoms with van der Waals surface area (Å²) in [6.45, 7) is 4.30. The number of nitrogens with zero attached hydrogens (tertiary/aromatic N) is 3. The van der Waals surface area contributed by atoms with Crippen LogP contribution in [0.4, 0.5) is 4.79 Å². The number of hydrogen-bond donors (Lipinski definition) is 1. The minimum Gasteiger partial charge on any atom is -0.497 e. The number of piperidine rings is 2. The highest BCUT2D eigenvalue weighted by Gasteiger charge is 2.39. The Kier molecular flexibility index (Phi) is 9.20. The molecule has 0 radical (unpaired) electrons. The fraction of sp³-hybridized carbons (Fsp3) is 0.667. The summed E-state index contributed by atoms with van der Waals surface area (Å²) in [5.74, 6) is 0.940. The molecule has 9 heteroatoms. The molecule has 0 unspecified atom stereocenters. The Morgan fingerprint density at radius 3 is 2.61 bits per heavy atom. The molecule has 1 aromatic carbocycles. The Balaban J connectivity index is 1.32. The van der Waals surface area contributed by atoms with Gasteiger partial charge in [0.2, 0.25) is 5.91 Å². The zero-order valence-corrected chi connectivity index (χ0v) is 21.6. The molecule has 1 aromatic rings. The van der Waals surface area contributed by atoms with Crippen LogP contribution >= 0.6 is 0 Å². The predicted octanol–water partition coefficient (Wildman–Crippen LogP) is 2.64. The van der Waals surface area contributed by atoms with Gasteiger partial charge in [-0.1, -0.05) is 18.6 Å². The van der Waals surface area contributed by atoms with Crippen LogP contribution in [0.1, 0.15) is 50.5 Å². The van der Waals surface area contributed by atoms with Crippen molar-refractivity contribution < 1.29 is 23.9 Å². The molecule has 4 amide bonds. The molecular weight excluding hydrogens is 460 g/mol. The van der Waals surface area contributed by atoms with Gasteiger partial charge in [-0.2, -0.15) is 0 Å². The number of urea groups is 1. The van der Waals surface area contributed by atoms with Crippen LogP contribution in [0.25, 0.3) is 0 Å². The predicted molar refractivity (Wildman–Crippen MR) is 135 cm³/mol. The van der Waals surface area contributed by atoms with Crippen LogP contribution in [-0.2, 0) is 20.9 Å². The van der Waals surface area contributed by atoms with E-state index in [-0.39, 0.29) is 24.8 Å². The highest BCUT2D eigenvalue weighted by atomic mass is 16.5. The van der Waals surface area contributed by atoms with Gasteiger partial charge in [0, 0.05) is 32.7 Å². The molecule has 3 aliphatic heterocycles. The summed E-state index contributed by atoms with van der Waals surface area (Å²) in [7, 11) is 3.24. The van der Waals surface area contributed by atoms with Gasteiger partial charge in [0.1, 0.15) is 11.8 Å². The van der Waals surface area contributed by atoms with Gasteiger partial charge in [0.25, 0.3) is 5.91 Å². The van der Waals surface area contributed by atoms with Crippen LogP contribution in [0, 0.1) is 5.92 Å². The van der Waals surface area contributed by atoms with E-state index < -0.39 is 12.1 Å². The molecule has 9 nitrogen and oxygen atoms in total. The van der Waals surface area contributed by atoms with E-state index in [2.05, 4.69) is 10.2 Å². The first-order valence-corrected chi connectivity index (χ1v) is 13.3. The van der Waals surface area contributed by atoms with Crippen LogP contribution in [0.3, 0.4) is 0 Å². The molecule has 0 bridgehead atoms. The number of methoxy groups -OCH3 is 2. The van der Waals surface area contributed by atoms with E-state index >= 15 is 0 Å². The Labute approximate surface area is 214 Å². The molecule has 198 valence electrons. The average Bonchev–Trinajstić information content (AvgIpc) is 3.17. The van der Waals surface area contributed by atoms with Crippen molar-refractivity contribution in [3.05, 3.63) is 29.8 Å². The second kappa shape index (κ2) is 12.5. The third-order valence-electron chi connectivity index (χ3n) is 7.86. The first-order valence-electron chi connectivity index (χ1n) is 13.3. The van der Waals surface area contributed by atoms with Crippen molar-refractivity contribution in [2.45, 2.75) is 63.6 Å². The normalized spacial score (nSPS) is 24.4. The van der Waals surface area contributed by atoms with E-state index in [1.54, 1.807) is 26.4 Å². The van der Waals surface area contributed by atoms with Crippen molar-refractivity contribution in [2.75, 3.05) is 47.0 Å². The number of amides is 4. The largest absolute Gasteiger partial charge is 0.497 e. The zero-order valence-electron chi connectivity index (χ0n) is 21.6. The summed E-state index contributed by atoms with van der Waals surface area (Å²) in [4.78, 5) is 44.5. The van der Waals surface area contributed by atoms with Crippen LogP contribution in [-0.4, -0.2) is 91.6 Å². The second-order valence-corrected chi connectivity index (χ2v) is 10.1. The first-order chi connectivity index (χ1) is 17.5. The number of rotatable bonds is 11. The summed E-state index contributed by atoms with van der Waals surface area (Å²) in [6.07, 6.45) is 6.59. The number of nitrogens with one attached hydrogen (secondary N) is 1. The average molecular weight is 501 g/mol. The van der Waals surface area contributed by atoms with Gasteiger partial charge in [-0.25, -0.2) is 4.79 Å². The highest BCUT2D eigenvalue weighted by Crippen LogP contribution is 2.31. The summed E-state index contributed by atoms with van der Waals surface area (Å²) < 4.78 is 10.4. The fourth-order valence-electron chi connectivity index (χ4n) is 5.85. The van der Waals surface area contributed by atoms with Crippen molar-refractivity contribution in [2.24, 2.45) is 5.92 Å². The number of carbonyl (C=O) groups excluding carboxylic acids is 3. The van der Waals surface area contributed by atoms with Crippen LogP contribution in [0.2, 0.25) is 0 Å². The molecule has 0 aromatic heterocycles. The van der Waals surface area contributed by atoms with E-state index in [1.807, 2.05) is 17.0 Å². The molecular formula is C27H40N4O5. The Bertz CT molecular complexity index is 906. The van der Waals surface area contributed by atoms with Gasteiger partial charge in [0.05, 0.1) is 20.3 Å². The van der Waals surface area contributed by atoms with E-state index in [0.29, 0.717) is 31.5 Å². The van der Waals surface area contributed by atoms with E-state index in [1.165, 1.54) is 43.7 Å². The standard InChI is InChI=1S/C27H40N4O5/c1-35-17-16-30(19-21-6-5-15-29-14-4-3-7-24(21)29)25(32)13-12-23-26(33)31(27(34)28-23)18-20-8-10-22(36-2)11-9-20/h8-11,21,23-24H,3-7,12-19H2,1-2H3,(H,28,34)/t21-,23+,24+/m0/s1. The van der Waals surface area contributed by atoms with Crippen molar-refractivity contribution in [3.8, 4) is 5.75 Å². The monoisotopic (exact) mass is 500 g/mol.